The van der Waals surface area contributed by atoms with Gasteiger partial charge in [0.15, 0.2) is 0 Å². The predicted molar refractivity (Wildman–Crippen MR) is 268 cm³/mol. The summed E-state index contributed by atoms with van der Waals surface area (Å²) in [5, 5.41) is 33.4. The van der Waals surface area contributed by atoms with Crippen LogP contribution in [0.4, 0.5) is 0 Å². The Hall–Kier alpha value is -1.17. The Morgan fingerprint density at radius 3 is 1.00 bits per heavy atom. The SMILES string of the molecule is CCCCCCCCCCCCCC/C=C\CCCCCCCCCCCCC(O)CC(=O)NC(CO)C(O)/C=C/CCCCCCCCCCCCCCCCCCCC. The summed E-state index contributed by atoms with van der Waals surface area (Å²) in [6, 6.07) is -0.744. The topological polar surface area (TPSA) is 89.8 Å². The Bertz CT molecular complexity index is 905. The van der Waals surface area contributed by atoms with Gasteiger partial charge in [-0.2, -0.15) is 0 Å². The number of allylic oxidation sites excluding steroid dienone is 3. The largest absolute Gasteiger partial charge is 0.394 e. The maximum Gasteiger partial charge on any atom is 0.222 e. The van der Waals surface area contributed by atoms with Gasteiger partial charge in [0.25, 0.3) is 0 Å². The molecule has 0 saturated heterocycles. The van der Waals surface area contributed by atoms with Crippen molar-refractivity contribution in [3.05, 3.63) is 24.3 Å². The van der Waals surface area contributed by atoms with E-state index in [-0.39, 0.29) is 18.9 Å². The molecule has 4 N–H and O–H groups in total. The summed E-state index contributed by atoms with van der Waals surface area (Å²) in [4.78, 5) is 12.5. The molecule has 0 aliphatic heterocycles. The highest BCUT2D eigenvalue weighted by Crippen LogP contribution is 2.17. The van der Waals surface area contributed by atoms with Crippen LogP contribution in [0.5, 0.6) is 0 Å². The molecular weight excluding hydrogens is 751 g/mol. The molecule has 0 aliphatic carbocycles. The Kier molecular flexibility index (Phi) is 50.5. The number of carbonyl (C=O) groups is 1. The van der Waals surface area contributed by atoms with Crippen LogP contribution in [0.15, 0.2) is 24.3 Å². The van der Waals surface area contributed by atoms with E-state index in [4.69, 9.17) is 0 Å². The smallest absolute Gasteiger partial charge is 0.222 e. The second-order valence-electron chi connectivity index (χ2n) is 19.2. The Balaban J connectivity index is 3.56. The number of nitrogens with one attached hydrogen (secondary N) is 1. The lowest BCUT2D eigenvalue weighted by molar-refractivity contribution is -0.124. The maximum absolute atomic E-state index is 12.5. The van der Waals surface area contributed by atoms with Gasteiger partial charge in [-0.1, -0.05) is 276 Å². The number of amides is 1. The third-order valence-corrected chi connectivity index (χ3v) is 13.0. The summed E-state index contributed by atoms with van der Waals surface area (Å²) in [6.45, 7) is 4.25. The van der Waals surface area contributed by atoms with E-state index in [0.717, 1.165) is 25.7 Å². The summed E-state index contributed by atoms with van der Waals surface area (Å²) in [5.41, 5.74) is 0. The zero-order valence-electron chi connectivity index (χ0n) is 41.3. The van der Waals surface area contributed by atoms with Gasteiger partial charge in [0.2, 0.25) is 5.91 Å². The molecule has 0 heterocycles. The summed E-state index contributed by atoms with van der Waals surface area (Å²) in [5.74, 6) is -0.312. The lowest BCUT2D eigenvalue weighted by Gasteiger charge is -2.21. The molecular formula is C56H109NO4. The number of aliphatic hydroxyl groups is 3. The van der Waals surface area contributed by atoms with Gasteiger partial charge >= 0.3 is 0 Å². The fourth-order valence-electron chi connectivity index (χ4n) is 8.75. The minimum absolute atomic E-state index is 0.0154. The van der Waals surface area contributed by atoms with E-state index >= 15 is 0 Å². The van der Waals surface area contributed by atoms with Crippen molar-refractivity contribution in [3.63, 3.8) is 0 Å². The summed E-state index contributed by atoms with van der Waals surface area (Å²) >= 11 is 0. The predicted octanol–water partition coefficient (Wildman–Crippen LogP) is 16.9. The normalized spacial score (nSPS) is 13.5. The third-order valence-electron chi connectivity index (χ3n) is 13.0. The van der Waals surface area contributed by atoms with Gasteiger partial charge in [0.1, 0.15) is 0 Å². The number of hydrogen-bond donors (Lipinski definition) is 4. The van der Waals surface area contributed by atoms with E-state index in [0.29, 0.717) is 6.42 Å². The molecule has 5 nitrogen and oxygen atoms in total. The van der Waals surface area contributed by atoms with Crippen LogP contribution in [0.3, 0.4) is 0 Å². The lowest BCUT2D eigenvalue weighted by atomic mass is 10.0. The molecule has 0 rings (SSSR count). The first-order valence-electron chi connectivity index (χ1n) is 27.6. The van der Waals surface area contributed by atoms with Gasteiger partial charge in [0, 0.05) is 0 Å². The highest BCUT2D eigenvalue weighted by Gasteiger charge is 2.20. The first-order chi connectivity index (χ1) is 30.0. The number of aliphatic hydroxyl groups excluding tert-OH is 3. The second-order valence-corrected chi connectivity index (χ2v) is 19.2. The molecule has 0 aliphatic rings. The zero-order valence-corrected chi connectivity index (χ0v) is 41.3. The molecule has 0 bridgehead atoms. The standard InChI is InChI=1S/C56H109NO4/c1-3-5-7-9-11-13-15-17-19-21-23-25-26-27-28-29-30-31-33-35-37-39-41-43-45-47-49-53(59)51-56(61)57-54(52-58)55(60)50-48-46-44-42-40-38-36-34-32-24-22-20-18-16-14-12-10-8-6-4-2/h27-28,48,50,53-55,58-60H,3-26,29-47,49,51-52H2,1-2H3,(H,57,61)/b28-27-,50-48+. The molecule has 0 saturated carbocycles. The van der Waals surface area contributed by atoms with E-state index in [1.807, 2.05) is 6.08 Å². The molecule has 0 fully saturated rings. The van der Waals surface area contributed by atoms with Gasteiger partial charge in [-0.25, -0.2) is 0 Å². The number of hydrogen-bond acceptors (Lipinski definition) is 4. The Morgan fingerprint density at radius 2 is 0.689 bits per heavy atom. The third kappa shape index (κ3) is 48.1. The molecule has 0 radical (unpaired) electrons. The molecule has 1 amide bonds. The Labute approximate surface area is 382 Å². The van der Waals surface area contributed by atoms with E-state index < -0.39 is 18.2 Å². The maximum atomic E-state index is 12.5. The monoisotopic (exact) mass is 860 g/mol. The van der Waals surface area contributed by atoms with Crippen molar-refractivity contribution in [1.29, 1.82) is 0 Å². The van der Waals surface area contributed by atoms with Crippen LogP contribution in [-0.4, -0.2) is 46.1 Å². The fourth-order valence-corrected chi connectivity index (χ4v) is 8.75. The van der Waals surface area contributed by atoms with E-state index in [1.165, 1.54) is 250 Å². The average Bonchev–Trinajstić information content (AvgIpc) is 3.25. The van der Waals surface area contributed by atoms with E-state index in [9.17, 15) is 20.1 Å². The minimum atomic E-state index is -0.928. The first kappa shape index (κ1) is 59.8. The minimum Gasteiger partial charge on any atom is -0.394 e. The molecule has 61 heavy (non-hydrogen) atoms. The summed E-state index contributed by atoms with van der Waals surface area (Å²) < 4.78 is 0. The highest BCUT2D eigenvalue weighted by molar-refractivity contribution is 5.76. The molecule has 0 aromatic rings. The van der Waals surface area contributed by atoms with Crippen molar-refractivity contribution in [2.24, 2.45) is 0 Å². The molecule has 0 aromatic heterocycles. The van der Waals surface area contributed by atoms with Crippen molar-refractivity contribution in [2.45, 2.75) is 321 Å². The van der Waals surface area contributed by atoms with Crippen LogP contribution in [0.2, 0.25) is 0 Å². The zero-order chi connectivity index (χ0) is 44.4. The molecule has 5 heteroatoms. The van der Waals surface area contributed by atoms with Crippen LogP contribution in [-0.2, 0) is 4.79 Å². The lowest BCUT2D eigenvalue weighted by Crippen LogP contribution is -2.45. The quantitative estimate of drug-likeness (QED) is 0.0362. The van der Waals surface area contributed by atoms with Gasteiger partial charge in [0.05, 0.1) is 31.3 Å². The molecule has 3 unspecified atom stereocenters. The summed E-state index contributed by atoms with van der Waals surface area (Å²) in [6.07, 6.45) is 65.0. The molecule has 3 atom stereocenters. The van der Waals surface area contributed by atoms with Crippen LogP contribution in [0, 0.1) is 0 Å². The van der Waals surface area contributed by atoms with Crippen molar-refractivity contribution in [1.82, 2.24) is 5.32 Å². The van der Waals surface area contributed by atoms with Crippen LogP contribution < -0.4 is 5.32 Å². The molecule has 0 aromatic carbocycles. The summed E-state index contributed by atoms with van der Waals surface area (Å²) in [7, 11) is 0. The van der Waals surface area contributed by atoms with Crippen molar-refractivity contribution in [3.8, 4) is 0 Å². The Morgan fingerprint density at radius 1 is 0.410 bits per heavy atom. The molecule has 362 valence electrons. The van der Waals surface area contributed by atoms with Crippen LogP contribution in [0.25, 0.3) is 0 Å². The second kappa shape index (κ2) is 51.5. The fraction of sp³-hybridized carbons (Fsp3) is 0.911. The van der Waals surface area contributed by atoms with E-state index in [1.54, 1.807) is 6.08 Å². The molecule has 0 spiro atoms. The van der Waals surface area contributed by atoms with Crippen LogP contribution >= 0.6 is 0 Å². The van der Waals surface area contributed by atoms with Crippen LogP contribution in [0.1, 0.15) is 303 Å². The van der Waals surface area contributed by atoms with Gasteiger partial charge in [-0.15, -0.1) is 0 Å². The van der Waals surface area contributed by atoms with Gasteiger partial charge < -0.3 is 20.6 Å². The van der Waals surface area contributed by atoms with E-state index in [2.05, 4.69) is 31.3 Å². The van der Waals surface area contributed by atoms with Crippen molar-refractivity contribution >= 4 is 5.91 Å². The van der Waals surface area contributed by atoms with Gasteiger partial charge in [-0.3, -0.25) is 4.79 Å². The van der Waals surface area contributed by atoms with Gasteiger partial charge in [-0.05, 0) is 44.9 Å². The van der Waals surface area contributed by atoms with Crippen molar-refractivity contribution < 1.29 is 20.1 Å². The number of rotatable bonds is 51. The number of unbranched alkanes of at least 4 members (excludes halogenated alkanes) is 40. The highest BCUT2D eigenvalue weighted by atomic mass is 16.3. The number of carbonyl (C=O) groups excluding carboxylic acids is 1. The van der Waals surface area contributed by atoms with Crippen molar-refractivity contribution in [2.75, 3.05) is 6.61 Å². The average molecular weight is 860 g/mol. The first-order valence-corrected chi connectivity index (χ1v) is 27.6.